The van der Waals surface area contributed by atoms with E-state index in [4.69, 9.17) is 0 Å². The third-order valence-electron chi connectivity index (χ3n) is 13.2. The van der Waals surface area contributed by atoms with Crippen LogP contribution in [0.5, 0.6) is 0 Å². The van der Waals surface area contributed by atoms with Crippen LogP contribution in [0.15, 0.2) is 279 Å². The quantitative estimate of drug-likeness (QED) is 0.133. The average Bonchev–Trinajstić information content (AvgIpc) is 3.75. The van der Waals surface area contributed by atoms with Crippen LogP contribution in [-0.4, -0.2) is 4.57 Å². The van der Waals surface area contributed by atoms with Crippen LogP contribution in [0.4, 0.5) is 17.1 Å². The molecular weight excluding hydrogens is 821 g/mol. The van der Waals surface area contributed by atoms with Gasteiger partial charge in [0, 0.05) is 33.4 Å². The number of hydrogen-bond donors (Lipinski definition) is 0. The molecule has 11 aromatic carbocycles. The number of rotatable bonds is 10. The maximum Gasteiger partial charge on any atom is 0.0541 e. The van der Waals surface area contributed by atoms with Crippen molar-refractivity contribution in [2.75, 3.05) is 4.90 Å². The van der Waals surface area contributed by atoms with Gasteiger partial charge in [-0.1, -0.05) is 212 Å². The molecule has 68 heavy (non-hydrogen) atoms. The van der Waals surface area contributed by atoms with Crippen molar-refractivity contribution in [3.8, 4) is 72.4 Å². The molecule has 0 atom stereocenters. The molecule has 1 heterocycles. The maximum absolute atomic E-state index is 2.45. The van der Waals surface area contributed by atoms with Gasteiger partial charge < -0.3 is 9.47 Å². The second kappa shape index (κ2) is 17.8. The van der Waals surface area contributed by atoms with E-state index in [2.05, 4.69) is 289 Å². The van der Waals surface area contributed by atoms with Crippen molar-refractivity contribution in [1.82, 2.24) is 4.57 Å². The van der Waals surface area contributed by atoms with Gasteiger partial charge in [-0.2, -0.15) is 0 Å². The molecule has 0 aliphatic rings. The fourth-order valence-corrected chi connectivity index (χ4v) is 9.80. The number of fused-ring (bicyclic) bond motifs is 3. The summed E-state index contributed by atoms with van der Waals surface area (Å²) in [4.78, 5) is 2.35. The molecule has 0 amide bonds. The van der Waals surface area contributed by atoms with Crippen LogP contribution in [0, 0.1) is 0 Å². The lowest BCUT2D eigenvalue weighted by Gasteiger charge is -2.26. The van der Waals surface area contributed by atoms with E-state index in [1.165, 1.54) is 83.0 Å². The normalized spacial score (nSPS) is 11.2. The zero-order valence-corrected chi connectivity index (χ0v) is 37.5. The van der Waals surface area contributed by atoms with Crippen LogP contribution >= 0.6 is 0 Å². The summed E-state index contributed by atoms with van der Waals surface area (Å²) in [5.41, 5.74) is 21.1. The van der Waals surface area contributed by atoms with Gasteiger partial charge in [0.15, 0.2) is 0 Å². The average molecular weight is 867 g/mol. The van der Waals surface area contributed by atoms with Crippen LogP contribution in [0.3, 0.4) is 0 Å². The van der Waals surface area contributed by atoms with Crippen LogP contribution < -0.4 is 4.90 Å². The molecule has 0 N–H and O–H groups in total. The summed E-state index contributed by atoms with van der Waals surface area (Å²) in [5, 5.41) is 2.47. The number of hydrogen-bond acceptors (Lipinski definition) is 1. The highest BCUT2D eigenvalue weighted by atomic mass is 15.1. The Balaban J connectivity index is 0.897. The fraction of sp³-hybridized carbons (Fsp3) is 0. The number of aromatic nitrogens is 1. The van der Waals surface area contributed by atoms with Gasteiger partial charge in [-0.3, -0.25) is 0 Å². The van der Waals surface area contributed by atoms with E-state index in [0.29, 0.717) is 0 Å². The lowest BCUT2D eigenvalue weighted by atomic mass is 9.98. The van der Waals surface area contributed by atoms with Crippen LogP contribution in [0.25, 0.3) is 94.3 Å². The minimum atomic E-state index is 1.09. The van der Waals surface area contributed by atoms with Crippen molar-refractivity contribution in [1.29, 1.82) is 0 Å². The van der Waals surface area contributed by atoms with Gasteiger partial charge in [-0.25, -0.2) is 0 Å². The number of para-hydroxylation sites is 1. The Labute approximate surface area is 397 Å². The highest BCUT2D eigenvalue weighted by Crippen LogP contribution is 2.42. The summed E-state index contributed by atoms with van der Waals surface area (Å²) < 4.78 is 2.45. The summed E-state index contributed by atoms with van der Waals surface area (Å²) in [6.07, 6.45) is 0. The molecule has 2 nitrogen and oxygen atoms in total. The van der Waals surface area contributed by atoms with E-state index in [0.717, 1.165) is 28.3 Å². The van der Waals surface area contributed by atoms with Gasteiger partial charge >= 0.3 is 0 Å². The molecule has 0 unspecified atom stereocenters. The monoisotopic (exact) mass is 866 g/mol. The van der Waals surface area contributed by atoms with E-state index in [1.54, 1.807) is 0 Å². The predicted octanol–water partition coefficient (Wildman–Crippen LogP) is 18.3. The van der Waals surface area contributed by atoms with E-state index in [-0.39, 0.29) is 0 Å². The van der Waals surface area contributed by atoms with Gasteiger partial charge in [0.25, 0.3) is 0 Å². The molecule has 0 saturated heterocycles. The Kier molecular flexibility index (Phi) is 10.6. The zero-order chi connectivity index (χ0) is 45.2. The third-order valence-corrected chi connectivity index (χ3v) is 13.2. The summed E-state index contributed by atoms with van der Waals surface area (Å²) >= 11 is 0. The van der Waals surface area contributed by atoms with Crippen LogP contribution in [-0.2, 0) is 0 Å². The van der Waals surface area contributed by atoms with Crippen molar-refractivity contribution in [3.05, 3.63) is 279 Å². The molecule has 320 valence electrons. The zero-order valence-electron chi connectivity index (χ0n) is 37.5. The van der Waals surface area contributed by atoms with Crippen molar-refractivity contribution in [2.24, 2.45) is 0 Å². The van der Waals surface area contributed by atoms with Gasteiger partial charge in [-0.05, 0) is 128 Å². The Morgan fingerprint density at radius 3 is 1.03 bits per heavy atom. The predicted molar refractivity (Wildman–Crippen MR) is 288 cm³/mol. The molecule has 12 rings (SSSR count). The molecule has 0 aliphatic heterocycles. The largest absolute Gasteiger partial charge is 0.310 e. The van der Waals surface area contributed by atoms with Crippen LogP contribution in [0.2, 0.25) is 0 Å². The molecule has 1 aromatic heterocycles. The highest BCUT2D eigenvalue weighted by Gasteiger charge is 2.19. The third kappa shape index (κ3) is 7.74. The van der Waals surface area contributed by atoms with E-state index >= 15 is 0 Å². The summed E-state index contributed by atoms with van der Waals surface area (Å²) in [7, 11) is 0. The minimum absolute atomic E-state index is 1.09. The second-order valence-corrected chi connectivity index (χ2v) is 17.3. The Bertz CT molecular complexity index is 3570. The van der Waals surface area contributed by atoms with Crippen molar-refractivity contribution in [2.45, 2.75) is 0 Å². The SMILES string of the molecule is c1ccc(-c2ccc(N(c3ccc(-c4ccc(-c5ccccc5-n5c6ccc(-c7ccccc7)cc6c6cc(-c7ccccc7)ccc65)cc4)cc3)c3cccc(-c4ccccc4)c3)cc2)cc1. The Morgan fingerprint density at radius 1 is 0.221 bits per heavy atom. The van der Waals surface area contributed by atoms with Crippen molar-refractivity contribution >= 4 is 38.9 Å². The maximum atomic E-state index is 2.45. The van der Waals surface area contributed by atoms with E-state index in [1.807, 2.05) is 0 Å². The Morgan fingerprint density at radius 2 is 0.559 bits per heavy atom. The number of nitrogens with zero attached hydrogens (tertiary/aromatic N) is 2. The molecule has 0 fully saturated rings. The Hall–Kier alpha value is -8.98. The van der Waals surface area contributed by atoms with E-state index < -0.39 is 0 Å². The van der Waals surface area contributed by atoms with Gasteiger partial charge in [-0.15, -0.1) is 0 Å². The molecule has 0 radical (unpaired) electrons. The molecule has 2 heteroatoms. The highest BCUT2D eigenvalue weighted by molar-refractivity contribution is 6.12. The van der Waals surface area contributed by atoms with Crippen molar-refractivity contribution in [3.63, 3.8) is 0 Å². The second-order valence-electron chi connectivity index (χ2n) is 17.3. The van der Waals surface area contributed by atoms with Gasteiger partial charge in [0.1, 0.15) is 0 Å². The fourth-order valence-electron chi connectivity index (χ4n) is 9.80. The lowest BCUT2D eigenvalue weighted by molar-refractivity contribution is 1.18. The summed E-state index contributed by atoms with van der Waals surface area (Å²) in [6.45, 7) is 0. The molecule has 12 aromatic rings. The molecule has 0 saturated carbocycles. The molecule has 0 bridgehead atoms. The number of benzene rings is 11. The molecular formula is C66H46N2. The minimum Gasteiger partial charge on any atom is -0.310 e. The first-order valence-electron chi connectivity index (χ1n) is 23.3. The first-order valence-corrected chi connectivity index (χ1v) is 23.3. The van der Waals surface area contributed by atoms with Crippen LogP contribution in [0.1, 0.15) is 0 Å². The molecule has 0 aliphatic carbocycles. The first kappa shape index (κ1) is 40.5. The smallest absolute Gasteiger partial charge is 0.0541 e. The van der Waals surface area contributed by atoms with Gasteiger partial charge in [0.05, 0.1) is 16.7 Å². The van der Waals surface area contributed by atoms with Crippen molar-refractivity contribution < 1.29 is 0 Å². The molecule has 0 spiro atoms. The summed E-state index contributed by atoms with van der Waals surface area (Å²) in [5.74, 6) is 0. The van der Waals surface area contributed by atoms with E-state index in [9.17, 15) is 0 Å². The topological polar surface area (TPSA) is 8.17 Å². The summed E-state index contributed by atoms with van der Waals surface area (Å²) in [6, 6.07) is 101. The standard InChI is InChI=1S/C66H46N2/c1-5-16-47(17-6-1)52-32-38-58(39-33-52)67(60-25-15-24-55(44-60)48-18-7-2-8-19-48)59-40-34-53(35-41-59)51-28-30-54(31-29-51)61-26-13-14-27-64(61)68-65-42-36-56(49-20-9-3-10-21-49)45-62(65)63-46-57(37-43-66(63)68)50-22-11-4-12-23-50/h1-46H. The van der Waals surface area contributed by atoms with Gasteiger partial charge in [0.2, 0.25) is 0 Å². The lowest BCUT2D eigenvalue weighted by Crippen LogP contribution is -2.10. The number of anilines is 3. The first-order chi connectivity index (χ1) is 33.7.